The van der Waals surface area contributed by atoms with E-state index in [1.807, 2.05) is 0 Å². The molecule has 0 atom stereocenters. The van der Waals surface area contributed by atoms with Gasteiger partial charge in [0.05, 0.1) is 0 Å². The van der Waals surface area contributed by atoms with Crippen LogP contribution >= 0.6 is 15.2 Å². The summed E-state index contributed by atoms with van der Waals surface area (Å²) < 4.78 is 21.4. The van der Waals surface area contributed by atoms with Gasteiger partial charge in [-0.2, -0.15) is 0 Å². The Kier molecular flexibility index (Phi) is 27.5. The van der Waals surface area contributed by atoms with Crippen LogP contribution in [0.3, 0.4) is 0 Å². The van der Waals surface area contributed by atoms with Crippen LogP contribution in [-0.2, 0) is 18.7 Å². The minimum atomic E-state index is -4.53. The molecule has 0 radical (unpaired) electrons. The van der Waals surface area contributed by atoms with E-state index in [4.69, 9.17) is 19.6 Å². The van der Waals surface area contributed by atoms with Gasteiger partial charge in [-0.15, -0.1) is 0 Å². The van der Waals surface area contributed by atoms with Crippen LogP contribution < -0.4 is 0 Å². The van der Waals surface area contributed by atoms with Crippen molar-refractivity contribution in [2.45, 2.75) is 116 Å². The summed E-state index contributed by atoms with van der Waals surface area (Å²) in [4.78, 5) is 56.9. The Labute approximate surface area is 237 Å². The predicted octanol–water partition coefficient (Wildman–Crippen LogP) is 4.12. The maximum absolute atomic E-state index is 11.1. The molecule has 0 bridgehead atoms. The first-order valence-corrected chi connectivity index (χ1v) is 14.5. The molecule has 0 heterocycles. The Hall–Kier alpha value is 1.64. The van der Waals surface area contributed by atoms with E-state index in [1.54, 1.807) is 0 Å². The van der Waals surface area contributed by atoms with E-state index in [0.29, 0.717) is 12.8 Å². The molecular weight excluding hydrogens is 476 g/mol. The van der Waals surface area contributed by atoms with Crippen LogP contribution in [0.2, 0.25) is 0 Å². The van der Waals surface area contributed by atoms with Gasteiger partial charge in [-0.1, -0.05) is 89.9 Å². The Balaban J connectivity index is -0.00000420. The van der Waals surface area contributed by atoms with Crippen LogP contribution in [0.25, 0.3) is 0 Å². The molecule has 12 heteroatoms. The fourth-order valence-corrected chi connectivity index (χ4v) is 4.22. The number of hydrogen-bond donors (Lipinski definition) is 4. The van der Waals surface area contributed by atoms with E-state index in [9.17, 15) is 18.7 Å². The summed E-state index contributed by atoms with van der Waals surface area (Å²) in [6.07, 6.45) is 16.6. The topological polar surface area (TPSA) is 149 Å². The summed E-state index contributed by atoms with van der Waals surface area (Å²) in [7, 11) is -9.06. The van der Waals surface area contributed by atoms with Crippen molar-refractivity contribution in [1.29, 1.82) is 0 Å². The molecule has 0 unspecified atom stereocenters. The normalized spacial score (nSPS) is 11.5. The van der Waals surface area contributed by atoms with Gasteiger partial charge in [0.15, 0.2) is 0 Å². The second-order valence-corrected chi connectivity index (χ2v) is 11.2. The first kappa shape index (κ1) is 38.2. The number of carbonyl (C=O) groups is 2. The number of carbonyl (C=O) groups excluding carboxylic acids is 2. The third-order valence-corrected chi connectivity index (χ3v) is 6.93. The summed E-state index contributed by atoms with van der Waals surface area (Å²) >= 11 is 0. The third-order valence-electron chi connectivity index (χ3n) is 5.18. The maximum atomic E-state index is 11.1. The summed E-state index contributed by atoms with van der Waals surface area (Å²) in [5, 5.41) is 0. The molecule has 0 aliphatic heterocycles. The molecule has 4 N–H and O–H groups in total. The zero-order valence-corrected chi connectivity index (χ0v) is 19.8. The Morgan fingerprint density at radius 1 is 0.406 bits per heavy atom. The van der Waals surface area contributed by atoms with Gasteiger partial charge >= 0.3 is 74.3 Å². The molecule has 0 amide bonds. The molecular formula is C20H42Na2O8P2. The quantitative estimate of drug-likeness (QED) is 0.101. The van der Waals surface area contributed by atoms with Gasteiger partial charge in [-0.05, 0) is 12.8 Å². The summed E-state index contributed by atoms with van der Waals surface area (Å²) in [6.45, 7) is 0. The Morgan fingerprint density at radius 3 is 0.719 bits per heavy atom. The van der Waals surface area contributed by atoms with Crippen molar-refractivity contribution in [1.82, 2.24) is 0 Å². The van der Waals surface area contributed by atoms with Crippen molar-refractivity contribution < 1.29 is 38.3 Å². The van der Waals surface area contributed by atoms with E-state index in [1.165, 1.54) is 38.5 Å². The molecule has 0 aromatic rings. The van der Waals surface area contributed by atoms with E-state index in [0.717, 1.165) is 51.4 Å². The van der Waals surface area contributed by atoms with Gasteiger partial charge in [-0.25, -0.2) is 0 Å². The Morgan fingerprint density at radius 2 is 0.562 bits per heavy atom. The van der Waals surface area contributed by atoms with Crippen molar-refractivity contribution in [3.8, 4) is 0 Å². The fraction of sp³-hybridized carbons (Fsp3) is 0.900. The van der Waals surface area contributed by atoms with E-state index in [2.05, 4.69) is 0 Å². The summed E-state index contributed by atoms with van der Waals surface area (Å²) in [5.74, 6) is 0. The zero-order valence-electron chi connectivity index (χ0n) is 18.0. The van der Waals surface area contributed by atoms with Crippen LogP contribution in [-0.4, -0.2) is 89.7 Å². The average Bonchev–Trinajstić information content (AvgIpc) is 2.65. The molecule has 0 fully saturated rings. The van der Waals surface area contributed by atoms with Crippen LogP contribution in [0.1, 0.15) is 116 Å². The first-order chi connectivity index (χ1) is 14.0. The summed E-state index contributed by atoms with van der Waals surface area (Å²) in [6, 6.07) is 0. The molecule has 0 aliphatic carbocycles. The second-order valence-electron chi connectivity index (χ2n) is 8.03. The van der Waals surface area contributed by atoms with E-state index >= 15 is 0 Å². The SMILES string of the molecule is O=C(CCCCCCCCCCCCCCCCCCC(=O)P(=O)(O)O)P(=O)(O)O.[NaH].[NaH]. The van der Waals surface area contributed by atoms with Gasteiger partial charge in [0.2, 0.25) is 11.0 Å². The number of rotatable bonds is 21. The average molecular weight is 518 g/mol. The molecule has 0 rings (SSSR count). The van der Waals surface area contributed by atoms with Crippen molar-refractivity contribution in [2.75, 3.05) is 0 Å². The number of hydrogen-bond acceptors (Lipinski definition) is 4. The Bertz CT molecular complexity index is 528. The molecule has 32 heavy (non-hydrogen) atoms. The summed E-state index contributed by atoms with van der Waals surface area (Å²) in [5.41, 5.74) is -1.89. The second kappa shape index (κ2) is 23.1. The molecule has 0 spiro atoms. The van der Waals surface area contributed by atoms with Gasteiger partial charge < -0.3 is 19.6 Å². The minimum absolute atomic E-state index is 0. The van der Waals surface area contributed by atoms with Gasteiger partial charge in [0.25, 0.3) is 0 Å². The van der Waals surface area contributed by atoms with Crippen molar-refractivity contribution in [2.24, 2.45) is 0 Å². The molecule has 8 nitrogen and oxygen atoms in total. The first-order valence-electron chi connectivity index (χ1n) is 11.2. The van der Waals surface area contributed by atoms with E-state index < -0.39 is 26.2 Å². The molecule has 0 aliphatic rings. The van der Waals surface area contributed by atoms with Crippen LogP contribution in [0.15, 0.2) is 0 Å². The standard InChI is InChI=1S/C20H40O8P2.2Na.2H/c21-19(29(23,24)25)17-15-13-11-9-7-5-3-1-2-4-6-8-10-12-14-16-18-20(22)30(26,27)28;;;;/h1-18H2,(H2,23,24,25)(H2,26,27,28);;;;. The molecule has 0 saturated carbocycles. The van der Waals surface area contributed by atoms with Gasteiger partial charge in [0.1, 0.15) is 0 Å². The molecule has 0 aromatic carbocycles. The van der Waals surface area contributed by atoms with E-state index in [-0.39, 0.29) is 72.0 Å². The molecule has 0 aromatic heterocycles. The van der Waals surface area contributed by atoms with Crippen molar-refractivity contribution >= 4 is 85.4 Å². The molecule has 182 valence electrons. The zero-order chi connectivity index (χ0) is 22.9. The van der Waals surface area contributed by atoms with Gasteiger partial charge in [-0.3, -0.25) is 18.7 Å². The van der Waals surface area contributed by atoms with Crippen LogP contribution in [0.4, 0.5) is 0 Å². The van der Waals surface area contributed by atoms with Crippen LogP contribution in [0, 0.1) is 0 Å². The van der Waals surface area contributed by atoms with Crippen LogP contribution in [0.5, 0.6) is 0 Å². The predicted molar refractivity (Wildman–Crippen MR) is 132 cm³/mol. The molecule has 0 saturated heterocycles. The fourth-order valence-electron chi connectivity index (χ4n) is 3.32. The van der Waals surface area contributed by atoms with Crippen molar-refractivity contribution in [3.05, 3.63) is 0 Å². The van der Waals surface area contributed by atoms with Gasteiger partial charge in [0, 0.05) is 12.8 Å². The third kappa shape index (κ3) is 24.8. The van der Waals surface area contributed by atoms with Crippen molar-refractivity contribution in [3.63, 3.8) is 0 Å². The number of unbranched alkanes of at least 4 members (excludes halogenated alkanes) is 15. The monoisotopic (exact) mass is 518 g/mol.